The molecule has 2 aromatic rings. The monoisotopic (exact) mass is 277 g/mol. The Morgan fingerprint density at radius 2 is 2.15 bits per heavy atom. The van der Waals surface area contributed by atoms with Gasteiger partial charge in [-0.2, -0.15) is 0 Å². The van der Waals surface area contributed by atoms with Gasteiger partial charge in [-0.1, -0.05) is 6.92 Å². The second-order valence-electron chi connectivity index (χ2n) is 4.74. The number of hydrogen-bond acceptors (Lipinski definition) is 3. The molecule has 106 valence electrons. The van der Waals surface area contributed by atoms with E-state index in [1.165, 1.54) is 12.3 Å². The highest BCUT2D eigenvalue weighted by molar-refractivity contribution is 5.94. The zero-order valence-electron chi connectivity index (χ0n) is 11.3. The smallest absolute Gasteiger partial charge is 0.272 e. The molecule has 0 aromatic carbocycles. The summed E-state index contributed by atoms with van der Waals surface area (Å²) in [5, 5.41) is 0. The second kappa shape index (κ2) is 5.20. The van der Waals surface area contributed by atoms with Crippen molar-refractivity contribution >= 4 is 11.6 Å². The van der Waals surface area contributed by atoms with Crippen LogP contribution in [0.1, 0.15) is 23.1 Å². The lowest BCUT2D eigenvalue weighted by atomic mass is 10.2. The number of fused-ring (bicyclic) bond motifs is 1. The van der Waals surface area contributed by atoms with Gasteiger partial charge in [-0.25, -0.2) is 9.37 Å². The Balaban J connectivity index is 2.08. The Kier molecular flexibility index (Phi) is 3.40. The van der Waals surface area contributed by atoms with Gasteiger partial charge in [-0.15, -0.1) is 0 Å². The zero-order valence-corrected chi connectivity index (χ0v) is 11.3. The quantitative estimate of drug-likeness (QED) is 0.836. The fourth-order valence-corrected chi connectivity index (χ4v) is 2.46. The molecule has 1 fully saturated rings. The standard InChI is InChI=1S/C14H16FN3O2/c1-2-11-13(14(19)17-5-7-20-8-6-17)18-9-10(15)3-4-12(18)16-11/h3-4,9H,2,5-8H2,1H3. The molecule has 5 nitrogen and oxygen atoms in total. The van der Waals surface area contributed by atoms with E-state index in [0.29, 0.717) is 49.8 Å². The Morgan fingerprint density at radius 3 is 2.85 bits per heavy atom. The van der Waals surface area contributed by atoms with E-state index in [1.54, 1.807) is 15.4 Å². The van der Waals surface area contributed by atoms with Crippen LogP contribution in [0.3, 0.4) is 0 Å². The topological polar surface area (TPSA) is 46.8 Å². The average Bonchev–Trinajstić information content (AvgIpc) is 2.85. The number of ether oxygens (including phenoxy) is 1. The minimum absolute atomic E-state index is 0.108. The van der Waals surface area contributed by atoms with Crippen LogP contribution in [0.25, 0.3) is 5.65 Å². The number of carbonyl (C=O) groups excluding carboxylic acids is 1. The molecular weight excluding hydrogens is 261 g/mol. The summed E-state index contributed by atoms with van der Waals surface area (Å²) in [6.07, 6.45) is 1.95. The molecule has 0 bridgehead atoms. The lowest BCUT2D eigenvalue weighted by Gasteiger charge is -2.26. The number of hydrogen-bond donors (Lipinski definition) is 0. The lowest BCUT2D eigenvalue weighted by Crippen LogP contribution is -2.41. The van der Waals surface area contributed by atoms with E-state index in [2.05, 4.69) is 4.98 Å². The molecule has 0 N–H and O–H groups in total. The third-order valence-electron chi connectivity index (χ3n) is 3.49. The highest BCUT2D eigenvalue weighted by Gasteiger charge is 2.25. The number of nitrogens with zero attached hydrogens (tertiary/aromatic N) is 3. The molecule has 0 unspecified atom stereocenters. The summed E-state index contributed by atoms with van der Waals surface area (Å²) in [6, 6.07) is 2.94. The van der Waals surface area contributed by atoms with Gasteiger partial charge in [0.2, 0.25) is 0 Å². The lowest BCUT2D eigenvalue weighted by molar-refractivity contribution is 0.0297. The van der Waals surface area contributed by atoms with E-state index >= 15 is 0 Å². The summed E-state index contributed by atoms with van der Waals surface area (Å²) in [6.45, 7) is 4.14. The first-order chi connectivity index (χ1) is 9.70. The Hall–Kier alpha value is -1.95. The summed E-state index contributed by atoms with van der Waals surface area (Å²) in [7, 11) is 0. The van der Waals surface area contributed by atoms with Crippen molar-refractivity contribution in [2.45, 2.75) is 13.3 Å². The molecule has 0 spiro atoms. The number of morpholine rings is 1. The SMILES string of the molecule is CCc1nc2ccc(F)cn2c1C(=O)N1CCOCC1. The Morgan fingerprint density at radius 1 is 1.40 bits per heavy atom. The van der Waals surface area contributed by atoms with Crippen LogP contribution in [0.15, 0.2) is 18.3 Å². The molecular formula is C14H16FN3O2. The second-order valence-corrected chi connectivity index (χ2v) is 4.74. The van der Waals surface area contributed by atoms with E-state index in [9.17, 15) is 9.18 Å². The van der Waals surface area contributed by atoms with Gasteiger partial charge in [0.15, 0.2) is 0 Å². The van der Waals surface area contributed by atoms with Crippen molar-refractivity contribution in [3.63, 3.8) is 0 Å². The first-order valence-corrected chi connectivity index (χ1v) is 6.74. The van der Waals surface area contributed by atoms with Gasteiger partial charge in [0, 0.05) is 19.3 Å². The number of halogens is 1. The van der Waals surface area contributed by atoms with Crippen LogP contribution >= 0.6 is 0 Å². The molecule has 1 amide bonds. The number of amides is 1. The molecule has 6 heteroatoms. The molecule has 3 rings (SSSR count). The third-order valence-corrected chi connectivity index (χ3v) is 3.49. The third kappa shape index (κ3) is 2.16. The van der Waals surface area contributed by atoms with E-state index in [4.69, 9.17) is 4.74 Å². The highest BCUT2D eigenvalue weighted by atomic mass is 19.1. The number of carbonyl (C=O) groups is 1. The molecule has 20 heavy (non-hydrogen) atoms. The van der Waals surface area contributed by atoms with Crippen molar-refractivity contribution in [1.82, 2.24) is 14.3 Å². The summed E-state index contributed by atoms with van der Waals surface area (Å²) >= 11 is 0. The van der Waals surface area contributed by atoms with Crippen LogP contribution < -0.4 is 0 Å². The van der Waals surface area contributed by atoms with E-state index in [1.807, 2.05) is 6.92 Å². The largest absolute Gasteiger partial charge is 0.378 e. The first kappa shape index (κ1) is 13.1. The fourth-order valence-electron chi connectivity index (χ4n) is 2.46. The molecule has 3 heterocycles. The van der Waals surface area contributed by atoms with Gasteiger partial charge in [0.25, 0.3) is 5.91 Å². The number of rotatable bonds is 2. The Labute approximate surface area is 116 Å². The predicted molar refractivity (Wildman–Crippen MR) is 71.3 cm³/mol. The van der Waals surface area contributed by atoms with Crippen LogP contribution in [0.4, 0.5) is 4.39 Å². The van der Waals surface area contributed by atoms with Crippen LogP contribution in [-0.2, 0) is 11.2 Å². The van der Waals surface area contributed by atoms with E-state index < -0.39 is 0 Å². The predicted octanol–water partition coefficient (Wildman–Crippen LogP) is 1.51. The van der Waals surface area contributed by atoms with Gasteiger partial charge < -0.3 is 9.64 Å². The van der Waals surface area contributed by atoms with Crippen molar-refractivity contribution in [1.29, 1.82) is 0 Å². The van der Waals surface area contributed by atoms with E-state index in [-0.39, 0.29) is 11.7 Å². The molecule has 0 radical (unpaired) electrons. The number of aryl methyl sites for hydroxylation is 1. The molecule has 0 saturated carbocycles. The summed E-state index contributed by atoms with van der Waals surface area (Å²) in [5.41, 5.74) is 1.76. The molecule has 2 aromatic heterocycles. The summed E-state index contributed by atoms with van der Waals surface area (Å²) < 4.78 is 20.2. The van der Waals surface area contributed by atoms with Gasteiger partial charge in [0.1, 0.15) is 17.2 Å². The van der Waals surface area contributed by atoms with Crippen molar-refractivity contribution in [2.24, 2.45) is 0 Å². The Bertz CT molecular complexity index is 647. The molecule has 0 atom stereocenters. The molecule has 1 saturated heterocycles. The van der Waals surface area contributed by atoms with Crippen molar-refractivity contribution < 1.29 is 13.9 Å². The van der Waals surface area contributed by atoms with Crippen LogP contribution in [-0.4, -0.2) is 46.5 Å². The zero-order chi connectivity index (χ0) is 14.1. The normalized spacial score (nSPS) is 15.8. The molecule has 1 aliphatic heterocycles. The number of pyridine rings is 1. The van der Waals surface area contributed by atoms with Crippen LogP contribution in [0.5, 0.6) is 0 Å². The molecule has 1 aliphatic rings. The summed E-state index contributed by atoms with van der Waals surface area (Å²) in [4.78, 5) is 18.8. The van der Waals surface area contributed by atoms with Crippen molar-refractivity contribution in [3.8, 4) is 0 Å². The van der Waals surface area contributed by atoms with Crippen LogP contribution in [0.2, 0.25) is 0 Å². The number of aromatic nitrogens is 2. The maximum Gasteiger partial charge on any atom is 0.272 e. The van der Waals surface area contributed by atoms with E-state index in [0.717, 1.165) is 0 Å². The maximum absolute atomic E-state index is 13.4. The minimum atomic E-state index is -0.381. The first-order valence-electron chi connectivity index (χ1n) is 6.74. The van der Waals surface area contributed by atoms with Crippen molar-refractivity contribution in [2.75, 3.05) is 26.3 Å². The average molecular weight is 277 g/mol. The molecule has 0 aliphatic carbocycles. The fraction of sp³-hybridized carbons (Fsp3) is 0.429. The maximum atomic E-state index is 13.4. The highest BCUT2D eigenvalue weighted by Crippen LogP contribution is 2.17. The van der Waals surface area contributed by atoms with Gasteiger partial charge in [-0.05, 0) is 18.6 Å². The van der Waals surface area contributed by atoms with Gasteiger partial charge in [0.05, 0.1) is 18.9 Å². The van der Waals surface area contributed by atoms with Crippen molar-refractivity contribution in [3.05, 3.63) is 35.5 Å². The minimum Gasteiger partial charge on any atom is -0.378 e. The summed E-state index contributed by atoms with van der Waals surface area (Å²) in [5.74, 6) is -0.489. The number of imidazole rings is 1. The van der Waals surface area contributed by atoms with Gasteiger partial charge in [-0.3, -0.25) is 9.20 Å². The van der Waals surface area contributed by atoms with Crippen LogP contribution in [0, 0.1) is 5.82 Å². The van der Waals surface area contributed by atoms with Gasteiger partial charge >= 0.3 is 0 Å².